The van der Waals surface area contributed by atoms with Gasteiger partial charge in [0, 0.05) is 34.8 Å². The monoisotopic (exact) mass is 397 g/mol. The fourth-order valence-corrected chi connectivity index (χ4v) is 4.45. The highest BCUT2D eigenvalue weighted by Gasteiger charge is 2.47. The lowest BCUT2D eigenvalue weighted by Gasteiger charge is -2.23. The Bertz CT molecular complexity index is 494. The number of ether oxygens (including phenoxy) is 3. The lowest BCUT2D eigenvalue weighted by atomic mass is 9.85. The van der Waals surface area contributed by atoms with Gasteiger partial charge < -0.3 is 14.2 Å². The van der Waals surface area contributed by atoms with Gasteiger partial charge in [0.15, 0.2) is 0 Å². The summed E-state index contributed by atoms with van der Waals surface area (Å²) in [7, 11) is 9.68. The van der Waals surface area contributed by atoms with Crippen molar-refractivity contribution in [2.45, 2.75) is 90.5 Å². The maximum absolute atomic E-state index is 12.3. The van der Waals surface area contributed by atoms with Gasteiger partial charge in [0.2, 0.25) is 0 Å². The van der Waals surface area contributed by atoms with Crippen molar-refractivity contribution in [3.05, 3.63) is 0 Å². The molecule has 150 valence electrons. The second kappa shape index (κ2) is 10.2. The van der Waals surface area contributed by atoms with Gasteiger partial charge in [0.05, 0.1) is 24.4 Å². The van der Waals surface area contributed by atoms with Gasteiger partial charge in [0.25, 0.3) is 0 Å². The van der Waals surface area contributed by atoms with Gasteiger partial charge in [0.1, 0.15) is 28.4 Å². The van der Waals surface area contributed by atoms with Gasteiger partial charge in [-0.25, -0.2) is 0 Å². The van der Waals surface area contributed by atoms with Crippen molar-refractivity contribution in [3.63, 3.8) is 0 Å². The lowest BCUT2D eigenvalue weighted by molar-refractivity contribution is -0.0535. The van der Waals surface area contributed by atoms with Crippen LogP contribution in [0.3, 0.4) is 0 Å². The standard InChI is InChI=1S/C18H32B2O6P/c1-9(2)14-16(12(6)18(20)25-14)26-27(21)22-8-7-13-15(23-10(3)4)11(5)17(19)24-13/h9-18H,7-8H2,1-6H3/q+1/t11-,12-,13+,14+,15?,16?,17+,18+/m0/s1. The molecule has 0 aromatic carbocycles. The highest BCUT2D eigenvalue weighted by molar-refractivity contribution is 7.33. The predicted octanol–water partition coefficient (Wildman–Crippen LogP) is 2.94. The second-order valence-electron chi connectivity index (χ2n) is 8.23. The minimum atomic E-state index is -2.28. The van der Waals surface area contributed by atoms with Crippen LogP contribution < -0.4 is 0 Å². The average molecular weight is 397 g/mol. The zero-order valence-corrected chi connectivity index (χ0v) is 18.1. The van der Waals surface area contributed by atoms with Crippen LogP contribution in [0.15, 0.2) is 0 Å². The van der Waals surface area contributed by atoms with Gasteiger partial charge in [-0.3, -0.25) is 0 Å². The first-order valence-electron chi connectivity index (χ1n) is 9.86. The van der Waals surface area contributed by atoms with E-state index in [1.54, 1.807) is 0 Å². The van der Waals surface area contributed by atoms with Crippen LogP contribution in [0.1, 0.15) is 48.0 Å². The van der Waals surface area contributed by atoms with Crippen LogP contribution >= 0.6 is 8.25 Å². The number of hydrogen-bond acceptors (Lipinski definition) is 6. The summed E-state index contributed by atoms with van der Waals surface area (Å²) in [6.45, 7) is 12.2. The molecule has 0 N–H and O–H groups in total. The lowest BCUT2D eigenvalue weighted by Crippen LogP contribution is -2.32. The molecule has 0 aromatic rings. The van der Waals surface area contributed by atoms with Crippen LogP contribution in [-0.2, 0) is 27.8 Å². The molecule has 2 fully saturated rings. The summed E-state index contributed by atoms with van der Waals surface area (Å²) in [6.07, 6.45) is -0.227. The molecule has 4 radical (unpaired) electrons. The Hall–Kier alpha value is 0.0299. The van der Waals surface area contributed by atoms with E-state index in [1.165, 1.54) is 0 Å². The Morgan fingerprint density at radius 1 is 1.00 bits per heavy atom. The van der Waals surface area contributed by atoms with Crippen LogP contribution in [0.4, 0.5) is 0 Å². The molecule has 6 nitrogen and oxygen atoms in total. The minimum absolute atomic E-state index is 0.0548. The Balaban J connectivity index is 1.81. The van der Waals surface area contributed by atoms with E-state index < -0.39 is 14.3 Å². The van der Waals surface area contributed by atoms with Crippen LogP contribution in [0.5, 0.6) is 0 Å². The van der Waals surface area contributed by atoms with E-state index in [4.69, 9.17) is 39.0 Å². The molecule has 9 heteroatoms. The summed E-state index contributed by atoms with van der Waals surface area (Å²) in [5.74, 6) is 0.242. The van der Waals surface area contributed by atoms with Crippen LogP contribution in [0, 0.1) is 17.8 Å². The van der Waals surface area contributed by atoms with E-state index in [2.05, 4.69) is 0 Å². The van der Waals surface area contributed by atoms with Gasteiger partial charge in [-0.15, -0.1) is 9.05 Å². The Morgan fingerprint density at radius 3 is 2.19 bits per heavy atom. The van der Waals surface area contributed by atoms with Crippen LogP contribution in [-0.4, -0.2) is 64.8 Å². The molecule has 0 spiro atoms. The topological polar surface area (TPSA) is 63.2 Å². The van der Waals surface area contributed by atoms with Crippen molar-refractivity contribution < 1.29 is 27.8 Å². The molecular weight excluding hydrogens is 365 g/mol. The summed E-state index contributed by atoms with van der Waals surface area (Å²) in [6, 6.07) is -0.789. The molecule has 2 heterocycles. The largest absolute Gasteiger partial charge is 0.697 e. The van der Waals surface area contributed by atoms with Crippen molar-refractivity contribution in [2.24, 2.45) is 17.8 Å². The third-order valence-corrected chi connectivity index (χ3v) is 6.11. The van der Waals surface area contributed by atoms with E-state index in [1.807, 2.05) is 41.5 Å². The highest BCUT2D eigenvalue weighted by atomic mass is 31.1. The molecule has 0 aromatic heterocycles. The molecule has 0 amide bonds. The van der Waals surface area contributed by atoms with Crippen LogP contribution in [0.2, 0.25) is 0 Å². The first-order valence-corrected chi connectivity index (χ1v) is 11.0. The zero-order chi connectivity index (χ0) is 20.3. The number of rotatable bonds is 9. The third kappa shape index (κ3) is 6.01. The maximum atomic E-state index is 12.3. The zero-order valence-electron chi connectivity index (χ0n) is 17.2. The quantitative estimate of drug-likeness (QED) is 0.441. The SMILES string of the molecule is [B][C@@H]1O[C@H](C(C)C)C(O[P+](=O)OCC[C@H]2O[C@@H]([B])[C@@H](C)C2OC(C)C)[C@@H]1C. The molecule has 2 rings (SSSR count). The summed E-state index contributed by atoms with van der Waals surface area (Å²) in [4.78, 5) is 0. The Labute approximate surface area is 167 Å². The molecule has 2 aliphatic rings. The first-order chi connectivity index (χ1) is 12.6. The van der Waals surface area contributed by atoms with E-state index in [0.29, 0.717) is 6.42 Å². The van der Waals surface area contributed by atoms with E-state index >= 15 is 0 Å². The number of hydrogen-bond donors (Lipinski definition) is 0. The van der Waals surface area contributed by atoms with E-state index in [9.17, 15) is 4.57 Å². The smallest absolute Gasteiger partial charge is 0.382 e. The summed E-state index contributed by atoms with van der Waals surface area (Å²) in [5.41, 5.74) is 0. The highest BCUT2D eigenvalue weighted by Crippen LogP contribution is 2.39. The maximum Gasteiger partial charge on any atom is 0.697 e. The van der Waals surface area contributed by atoms with Gasteiger partial charge in [-0.05, 0) is 19.8 Å². The molecule has 9 atom stereocenters. The Kier molecular flexibility index (Phi) is 8.79. The molecule has 0 bridgehead atoms. The average Bonchev–Trinajstić information content (AvgIpc) is 3.00. The van der Waals surface area contributed by atoms with E-state index in [0.717, 1.165) is 0 Å². The molecule has 0 saturated carbocycles. The van der Waals surface area contributed by atoms with Crippen molar-refractivity contribution >= 4 is 23.9 Å². The third-order valence-electron chi connectivity index (χ3n) is 5.30. The minimum Gasteiger partial charge on any atom is -0.382 e. The summed E-state index contributed by atoms with van der Waals surface area (Å²) < 4.78 is 40.8. The molecule has 2 saturated heterocycles. The summed E-state index contributed by atoms with van der Waals surface area (Å²) >= 11 is 0. The fraction of sp³-hybridized carbons (Fsp3) is 1.00. The van der Waals surface area contributed by atoms with Gasteiger partial charge in [-0.1, -0.05) is 27.7 Å². The molecule has 0 aliphatic carbocycles. The second-order valence-corrected chi connectivity index (χ2v) is 9.15. The summed E-state index contributed by atoms with van der Waals surface area (Å²) in [5, 5.41) is 0. The predicted molar refractivity (Wildman–Crippen MR) is 105 cm³/mol. The molecule has 2 aliphatic heterocycles. The van der Waals surface area contributed by atoms with Gasteiger partial charge in [-0.2, -0.15) is 0 Å². The van der Waals surface area contributed by atoms with E-state index in [-0.39, 0.29) is 60.9 Å². The first kappa shape index (κ1) is 23.3. The Morgan fingerprint density at radius 2 is 1.59 bits per heavy atom. The van der Waals surface area contributed by atoms with Crippen molar-refractivity contribution in [2.75, 3.05) is 6.61 Å². The molecule has 3 unspecified atom stereocenters. The molecular formula is C18H32B2O6P+. The fourth-order valence-electron chi connectivity index (χ4n) is 3.62. The normalized spacial score (nSPS) is 40.2. The van der Waals surface area contributed by atoms with Crippen molar-refractivity contribution in [3.8, 4) is 0 Å². The van der Waals surface area contributed by atoms with Crippen molar-refractivity contribution in [1.29, 1.82) is 0 Å². The van der Waals surface area contributed by atoms with Gasteiger partial charge >= 0.3 is 8.25 Å². The van der Waals surface area contributed by atoms with Crippen molar-refractivity contribution in [1.82, 2.24) is 0 Å². The molecule has 27 heavy (non-hydrogen) atoms. The van der Waals surface area contributed by atoms with Crippen LogP contribution in [0.25, 0.3) is 0 Å².